The number of para-hydroxylation sites is 1. The number of hydrogen-bond acceptors (Lipinski definition) is 3. The standard InChI is InChI=1S/C39H48O3/c1-8-39(6,7)28-36(38(3,4)5)32-22-24-33(25-23-32)42-29(2)40-26-27-41-37-34(30-16-11-9-12-17-30)20-15-21-35(37)31-18-13-10-14-19-31/h9-25,29,36H,8,26-28H2,1-7H3. The zero-order valence-corrected chi connectivity index (χ0v) is 26.5. The lowest BCUT2D eigenvalue weighted by Crippen LogP contribution is -2.25. The molecule has 42 heavy (non-hydrogen) atoms. The van der Waals surface area contributed by atoms with Crippen LogP contribution in [0.1, 0.15) is 72.8 Å². The van der Waals surface area contributed by atoms with Crippen molar-refractivity contribution in [1.29, 1.82) is 0 Å². The van der Waals surface area contributed by atoms with Crippen LogP contribution >= 0.6 is 0 Å². The minimum atomic E-state index is -0.394. The van der Waals surface area contributed by atoms with Crippen molar-refractivity contribution in [2.75, 3.05) is 13.2 Å². The summed E-state index contributed by atoms with van der Waals surface area (Å²) in [6.45, 7) is 16.8. The Labute approximate surface area is 253 Å². The Morgan fingerprint density at radius 1 is 0.643 bits per heavy atom. The first-order valence-corrected chi connectivity index (χ1v) is 15.3. The van der Waals surface area contributed by atoms with Crippen molar-refractivity contribution >= 4 is 0 Å². The second-order valence-corrected chi connectivity index (χ2v) is 13.0. The highest BCUT2D eigenvalue weighted by Crippen LogP contribution is 2.44. The van der Waals surface area contributed by atoms with Gasteiger partial charge in [0.2, 0.25) is 0 Å². The van der Waals surface area contributed by atoms with Crippen LogP contribution in [-0.2, 0) is 4.74 Å². The molecule has 2 atom stereocenters. The molecule has 0 N–H and O–H groups in total. The summed E-state index contributed by atoms with van der Waals surface area (Å²) < 4.78 is 18.6. The molecule has 222 valence electrons. The molecule has 0 spiro atoms. The number of ether oxygens (including phenoxy) is 3. The molecule has 3 nitrogen and oxygen atoms in total. The van der Waals surface area contributed by atoms with E-state index in [2.05, 4.69) is 133 Å². The molecule has 0 heterocycles. The van der Waals surface area contributed by atoms with Crippen molar-refractivity contribution in [3.05, 3.63) is 109 Å². The molecule has 4 aromatic carbocycles. The van der Waals surface area contributed by atoms with E-state index < -0.39 is 6.29 Å². The second-order valence-electron chi connectivity index (χ2n) is 13.0. The summed E-state index contributed by atoms with van der Waals surface area (Å²) in [5, 5.41) is 0. The molecule has 0 radical (unpaired) electrons. The van der Waals surface area contributed by atoms with Crippen molar-refractivity contribution in [3.8, 4) is 33.8 Å². The van der Waals surface area contributed by atoms with Crippen LogP contribution in [0.5, 0.6) is 11.5 Å². The lowest BCUT2D eigenvalue weighted by atomic mass is 9.68. The van der Waals surface area contributed by atoms with Crippen molar-refractivity contribution in [2.45, 2.75) is 73.5 Å². The predicted molar refractivity (Wildman–Crippen MR) is 176 cm³/mol. The molecule has 0 fully saturated rings. The van der Waals surface area contributed by atoms with E-state index in [1.807, 2.05) is 19.1 Å². The number of benzene rings is 4. The predicted octanol–water partition coefficient (Wildman–Crippen LogP) is 10.8. The van der Waals surface area contributed by atoms with E-state index in [0.29, 0.717) is 24.5 Å². The monoisotopic (exact) mass is 564 g/mol. The summed E-state index contributed by atoms with van der Waals surface area (Å²) in [6, 6.07) is 35.6. The highest BCUT2D eigenvalue weighted by atomic mass is 16.7. The average Bonchev–Trinajstić information content (AvgIpc) is 2.99. The van der Waals surface area contributed by atoms with Gasteiger partial charge >= 0.3 is 0 Å². The van der Waals surface area contributed by atoms with E-state index in [0.717, 1.165) is 40.2 Å². The van der Waals surface area contributed by atoms with E-state index >= 15 is 0 Å². The van der Waals surface area contributed by atoms with Gasteiger partial charge in [-0.1, -0.05) is 139 Å². The van der Waals surface area contributed by atoms with Crippen LogP contribution in [0.25, 0.3) is 22.3 Å². The van der Waals surface area contributed by atoms with Gasteiger partial charge in [-0.25, -0.2) is 0 Å². The Hall–Kier alpha value is -3.56. The first kappa shape index (κ1) is 31.4. The topological polar surface area (TPSA) is 27.7 Å². The van der Waals surface area contributed by atoms with Crippen molar-refractivity contribution in [3.63, 3.8) is 0 Å². The quantitative estimate of drug-likeness (QED) is 0.119. The molecule has 0 aliphatic rings. The molecule has 0 amide bonds. The van der Waals surface area contributed by atoms with Crippen molar-refractivity contribution in [1.82, 2.24) is 0 Å². The maximum Gasteiger partial charge on any atom is 0.197 e. The largest absolute Gasteiger partial charge is 0.490 e. The van der Waals surface area contributed by atoms with Crippen molar-refractivity contribution in [2.24, 2.45) is 10.8 Å². The fourth-order valence-corrected chi connectivity index (χ4v) is 5.37. The molecule has 0 aliphatic carbocycles. The molecule has 4 rings (SSSR count). The van der Waals surface area contributed by atoms with Gasteiger partial charge in [-0.05, 0) is 58.9 Å². The van der Waals surface area contributed by atoms with E-state index in [-0.39, 0.29) is 5.41 Å². The van der Waals surface area contributed by atoms with Crippen LogP contribution in [0.2, 0.25) is 0 Å². The average molecular weight is 565 g/mol. The molecule has 0 saturated carbocycles. The zero-order chi connectivity index (χ0) is 30.2. The van der Waals surface area contributed by atoms with Crippen LogP contribution < -0.4 is 9.47 Å². The molecule has 0 saturated heterocycles. The Bertz CT molecular complexity index is 1310. The third-order valence-corrected chi connectivity index (χ3v) is 8.21. The fraction of sp³-hybridized carbons (Fsp3) is 0.385. The zero-order valence-electron chi connectivity index (χ0n) is 26.5. The molecule has 0 aliphatic heterocycles. The van der Waals surface area contributed by atoms with Gasteiger partial charge in [-0.2, -0.15) is 0 Å². The van der Waals surface area contributed by atoms with Crippen LogP contribution in [0, 0.1) is 10.8 Å². The first-order chi connectivity index (χ1) is 20.1. The van der Waals surface area contributed by atoms with Gasteiger partial charge in [0.05, 0.1) is 6.61 Å². The maximum atomic E-state index is 6.42. The summed E-state index contributed by atoms with van der Waals surface area (Å²) in [4.78, 5) is 0. The minimum Gasteiger partial charge on any atom is -0.490 e. The van der Waals surface area contributed by atoms with Gasteiger partial charge in [0, 0.05) is 11.1 Å². The molecule has 4 aromatic rings. The SMILES string of the molecule is CCC(C)(C)CC(c1ccc(OC(C)OCCOc2c(-c3ccccc3)cccc2-c2ccccc2)cc1)C(C)(C)C. The van der Waals surface area contributed by atoms with Crippen molar-refractivity contribution < 1.29 is 14.2 Å². The first-order valence-electron chi connectivity index (χ1n) is 15.3. The van der Waals surface area contributed by atoms with Gasteiger partial charge in [-0.3, -0.25) is 0 Å². The minimum absolute atomic E-state index is 0.185. The van der Waals surface area contributed by atoms with Gasteiger partial charge < -0.3 is 14.2 Å². The number of rotatable bonds is 13. The Balaban J connectivity index is 1.38. The van der Waals surface area contributed by atoms with Crippen LogP contribution in [-0.4, -0.2) is 19.5 Å². The van der Waals surface area contributed by atoms with Crippen LogP contribution in [0.4, 0.5) is 0 Å². The normalized spacial score (nSPS) is 13.4. The van der Waals surface area contributed by atoms with Gasteiger partial charge in [0.25, 0.3) is 0 Å². The Morgan fingerprint density at radius 2 is 1.19 bits per heavy atom. The summed E-state index contributed by atoms with van der Waals surface area (Å²) in [5.74, 6) is 2.16. The lowest BCUT2D eigenvalue weighted by Gasteiger charge is -2.37. The summed E-state index contributed by atoms with van der Waals surface area (Å²) >= 11 is 0. The summed E-state index contributed by atoms with van der Waals surface area (Å²) in [7, 11) is 0. The highest BCUT2D eigenvalue weighted by molar-refractivity contribution is 5.82. The lowest BCUT2D eigenvalue weighted by molar-refractivity contribution is -0.0738. The Kier molecular flexibility index (Phi) is 10.5. The molecular formula is C39H48O3. The molecule has 3 heteroatoms. The third kappa shape index (κ3) is 8.49. The van der Waals surface area contributed by atoms with E-state index in [9.17, 15) is 0 Å². The van der Waals surface area contributed by atoms with Gasteiger partial charge in [0.1, 0.15) is 18.1 Å². The summed E-state index contributed by atoms with van der Waals surface area (Å²) in [5.41, 5.74) is 6.24. The van der Waals surface area contributed by atoms with Gasteiger partial charge in [-0.15, -0.1) is 0 Å². The van der Waals surface area contributed by atoms with E-state index in [4.69, 9.17) is 14.2 Å². The molecular weight excluding hydrogens is 516 g/mol. The van der Waals surface area contributed by atoms with E-state index in [1.165, 1.54) is 12.0 Å². The smallest absolute Gasteiger partial charge is 0.197 e. The van der Waals surface area contributed by atoms with Gasteiger partial charge in [0.15, 0.2) is 6.29 Å². The Morgan fingerprint density at radius 3 is 1.69 bits per heavy atom. The number of hydrogen-bond donors (Lipinski definition) is 0. The second kappa shape index (κ2) is 14.1. The van der Waals surface area contributed by atoms with Crippen LogP contribution in [0.3, 0.4) is 0 Å². The molecule has 0 aromatic heterocycles. The molecule has 0 bridgehead atoms. The molecule has 2 unspecified atom stereocenters. The summed E-state index contributed by atoms with van der Waals surface area (Å²) in [6.07, 6.45) is 1.94. The third-order valence-electron chi connectivity index (χ3n) is 8.21. The maximum absolute atomic E-state index is 6.42. The highest BCUT2D eigenvalue weighted by Gasteiger charge is 2.31. The van der Waals surface area contributed by atoms with E-state index in [1.54, 1.807) is 0 Å². The van der Waals surface area contributed by atoms with Crippen LogP contribution in [0.15, 0.2) is 103 Å². The fourth-order valence-electron chi connectivity index (χ4n) is 5.37.